The summed E-state index contributed by atoms with van der Waals surface area (Å²) >= 11 is 0. The van der Waals surface area contributed by atoms with Gasteiger partial charge >= 0.3 is 21.1 Å². The SMILES string of the molecule is CC(C)(C)c1n[c-]n(-c2nccc([Si](C)(C)c3ccnc(-n4[c-]nc(C(C)(C)C)n4)n3)n2)n1.[Pt+2]. The van der Waals surface area contributed by atoms with Crippen molar-refractivity contribution in [2.75, 3.05) is 0 Å². The van der Waals surface area contributed by atoms with Crippen LogP contribution in [0.2, 0.25) is 13.1 Å². The molecule has 0 atom stereocenters. The van der Waals surface area contributed by atoms with Crippen LogP contribution < -0.4 is 10.6 Å². The van der Waals surface area contributed by atoms with Gasteiger partial charge in [-0.1, -0.05) is 54.6 Å². The van der Waals surface area contributed by atoms with Crippen molar-refractivity contribution in [1.82, 2.24) is 49.5 Å². The molecule has 180 valence electrons. The first-order valence-electron chi connectivity index (χ1n) is 10.7. The van der Waals surface area contributed by atoms with E-state index in [1.807, 2.05) is 12.1 Å². The number of nitrogens with zero attached hydrogens (tertiary/aromatic N) is 10. The van der Waals surface area contributed by atoms with Crippen LogP contribution in [0.1, 0.15) is 53.2 Å². The van der Waals surface area contributed by atoms with E-state index in [0.29, 0.717) is 23.5 Å². The van der Waals surface area contributed by atoms with Crippen molar-refractivity contribution >= 4 is 18.7 Å². The first-order valence-corrected chi connectivity index (χ1v) is 13.7. The van der Waals surface area contributed by atoms with E-state index in [4.69, 9.17) is 9.97 Å². The summed E-state index contributed by atoms with van der Waals surface area (Å²) in [4.78, 5) is 27.0. The van der Waals surface area contributed by atoms with E-state index in [-0.39, 0.29) is 31.9 Å². The molecule has 4 aromatic rings. The molecule has 0 aliphatic rings. The van der Waals surface area contributed by atoms with Crippen molar-refractivity contribution in [1.29, 1.82) is 0 Å². The molecule has 0 aliphatic carbocycles. The van der Waals surface area contributed by atoms with E-state index in [1.165, 1.54) is 9.36 Å². The van der Waals surface area contributed by atoms with E-state index in [1.54, 1.807) is 12.4 Å². The molecule has 0 aromatic carbocycles. The van der Waals surface area contributed by atoms with E-state index >= 15 is 0 Å². The summed E-state index contributed by atoms with van der Waals surface area (Å²) in [6.07, 6.45) is 9.25. The molecule has 12 heteroatoms. The van der Waals surface area contributed by atoms with Gasteiger partial charge in [0.1, 0.15) is 11.9 Å². The summed E-state index contributed by atoms with van der Waals surface area (Å²) in [5.74, 6) is 2.24. The average molecular weight is 656 g/mol. The van der Waals surface area contributed by atoms with Crippen LogP contribution in [0, 0.1) is 12.7 Å². The fourth-order valence-corrected chi connectivity index (χ4v) is 5.01. The monoisotopic (exact) mass is 655 g/mol. The molecule has 0 fully saturated rings. The van der Waals surface area contributed by atoms with Crippen LogP contribution >= 0.6 is 0 Å². The summed E-state index contributed by atoms with van der Waals surface area (Å²) in [6.45, 7) is 16.7. The van der Waals surface area contributed by atoms with E-state index < -0.39 is 8.07 Å². The van der Waals surface area contributed by atoms with Gasteiger partial charge < -0.3 is 19.3 Å². The zero-order valence-electron chi connectivity index (χ0n) is 20.6. The summed E-state index contributed by atoms with van der Waals surface area (Å²) in [5.41, 5.74) is -0.369. The van der Waals surface area contributed by atoms with Gasteiger partial charge in [0, 0.05) is 35.7 Å². The van der Waals surface area contributed by atoms with E-state index in [9.17, 15) is 0 Å². The smallest absolute Gasteiger partial charge is 0.349 e. The van der Waals surface area contributed by atoms with Crippen LogP contribution in [0.3, 0.4) is 0 Å². The summed E-state index contributed by atoms with van der Waals surface area (Å²) < 4.78 is 3.00. The standard InChI is InChI=1S/C22H28N10Si.Pt/c1-21(2,3)17-25-13-31(29-17)19-23-11-9-15(27-19)33(7,8)16-10-12-24-20(28-16)32-14-26-18(30-32)22(4,5)6;/h9-12H,1-8H3;/q-2;+2. The molecule has 34 heavy (non-hydrogen) atoms. The van der Waals surface area contributed by atoms with Crippen molar-refractivity contribution in [3.63, 3.8) is 0 Å². The van der Waals surface area contributed by atoms with Gasteiger partial charge in [-0.3, -0.25) is 19.9 Å². The Morgan fingerprint density at radius 1 is 0.706 bits per heavy atom. The quantitative estimate of drug-likeness (QED) is 0.240. The molecule has 0 saturated heterocycles. The topological polar surface area (TPSA) is 113 Å². The van der Waals surface area contributed by atoms with Crippen molar-refractivity contribution in [3.8, 4) is 11.9 Å². The fourth-order valence-electron chi connectivity index (χ4n) is 3.01. The third-order valence-electron chi connectivity index (χ3n) is 5.18. The first kappa shape index (κ1) is 26.0. The maximum atomic E-state index is 4.80. The van der Waals surface area contributed by atoms with Gasteiger partial charge in [0.25, 0.3) is 0 Å². The molecule has 0 aliphatic heterocycles. The van der Waals surface area contributed by atoms with Gasteiger partial charge in [-0.15, -0.1) is 0 Å². The Bertz CT molecular complexity index is 1190. The predicted octanol–water partition coefficient (Wildman–Crippen LogP) is 1.44. The number of hydrogen-bond donors (Lipinski definition) is 0. The van der Waals surface area contributed by atoms with Crippen molar-refractivity contribution in [2.45, 2.75) is 65.5 Å². The second kappa shape index (κ2) is 9.18. The van der Waals surface area contributed by atoms with Crippen LogP contribution in [-0.2, 0) is 31.9 Å². The fraction of sp³-hybridized carbons (Fsp3) is 0.455. The average Bonchev–Trinajstić information content (AvgIpc) is 3.44. The molecule has 4 rings (SSSR count). The molecule has 10 nitrogen and oxygen atoms in total. The van der Waals surface area contributed by atoms with Crippen LogP contribution in [0.5, 0.6) is 0 Å². The molecule has 0 saturated carbocycles. The Balaban J connectivity index is 0.00000324. The van der Waals surface area contributed by atoms with Crippen LogP contribution in [0.4, 0.5) is 0 Å². The number of hydrogen-bond acceptors (Lipinski definition) is 8. The van der Waals surface area contributed by atoms with E-state index in [0.717, 1.165) is 10.6 Å². The Morgan fingerprint density at radius 2 is 1.09 bits per heavy atom. The predicted molar refractivity (Wildman–Crippen MR) is 126 cm³/mol. The van der Waals surface area contributed by atoms with Gasteiger partial charge in [0.2, 0.25) is 0 Å². The Hall–Kier alpha value is -2.65. The first-order chi connectivity index (χ1) is 15.4. The summed E-state index contributed by atoms with van der Waals surface area (Å²) in [5, 5.41) is 10.9. The third kappa shape index (κ3) is 5.20. The van der Waals surface area contributed by atoms with Crippen molar-refractivity contribution < 1.29 is 21.1 Å². The minimum absolute atomic E-state index is 0. The number of aromatic nitrogens is 10. The minimum atomic E-state index is -2.30. The maximum absolute atomic E-state index is 4.80. The molecule has 0 N–H and O–H groups in total. The van der Waals surface area contributed by atoms with Gasteiger partial charge in [-0.05, 0) is 23.0 Å². The molecular formula is C22H28N10PtSi. The summed E-state index contributed by atoms with van der Waals surface area (Å²) in [7, 11) is -2.30. The normalized spacial score (nSPS) is 12.5. The third-order valence-corrected chi connectivity index (χ3v) is 8.30. The van der Waals surface area contributed by atoms with Crippen LogP contribution in [-0.4, -0.2) is 57.5 Å². The Morgan fingerprint density at radius 3 is 1.41 bits per heavy atom. The largest absolute Gasteiger partial charge is 2.00 e. The molecule has 0 amide bonds. The molecule has 0 unspecified atom stereocenters. The van der Waals surface area contributed by atoms with Crippen molar-refractivity contribution in [2.24, 2.45) is 0 Å². The zero-order valence-corrected chi connectivity index (χ0v) is 23.9. The van der Waals surface area contributed by atoms with Crippen molar-refractivity contribution in [3.05, 3.63) is 48.8 Å². The molecule has 0 radical (unpaired) electrons. The van der Waals surface area contributed by atoms with Gasteiger partial charge in [0.05, 0.1) is 11.6 Å². The molecular weight excluding hydrogens is 627 g/mol. The van der Waals surface area contributed by atoms with Gasteiger partial charge in [-0.2, -0.15) is 0 Å². The van der Waals surface area contributed by atoms with Crippen LogP contribution in [0.25, 0.3) is 11.9 Å². The minimum Gasteiger partial charge on any atom is -0.349 e. The maximum Gasteiger partial charge on any atom is 2.00 e. The second-order valence-electron chi connectivity index (χ2n) is 10.5. The Labute approximate surface area is 215 Å². The number of rotatable bonds is 4. The molecule has 0 spiro atoms. The van der Waals surface area contributed by atoms with Crippen LogP contribution in [0.15, 0.2) is 24.5 Å². The zero-order chi connectivity index (χ0) is 24.0. The van der Waals surface area contributed by atoms with Gasteiger partial charge in [0.15, 0.2) is 8.07 Å². The second-order valence-corrected chi connectivity index (χ2v) is 14.8. The Kier molecular flexibility index (Phi) is 7.01. The molecule has 4 heterocycles. The van der Waals surface area contributed by atoms with E-state index in [2.05, 4.69) is 97.4 Å². The summed E-state index contributed by atoms with van der Waals surface area (Å²) in [6, 6.07) is 3.86. The molecule has 0 bridgehead atoms. The van der Waals surface area contributed by atoms with Gasteiger partial charge in [-0.25, -0.2) is 10.2 Å². The molecule has 4 aromatic heterocycles.